The maximum atomic E-state index is 5.36. The molecule has 0 saturated carbocycles. The Kier molecular flexibility index (Phi) is 2.91. The van der Waals surface area contributed by atoms with E-state index in [0.717, 1.165) is 16.6 Å². The second-order valence-corrected chi connectivity index (χ2v) is 4.14. The molecule has 1 aliphatic heterocycles. The van der Waals surface area contributed by atoms with Crippen molar-refractivity contribution in [3.8, 4) is 5.75 Å². The van der Waals surface area contributed by atoms with E-state index in [-0.39, 0.29) is 5.01 Å². The van der Waals surface area contributed by atoms with Gasteiger partial charge in [0.15, 0.2) is 6.79 Å². The van der Waals surface area contributed by atoms with E-state index >= 15 is 0 Å². The predicted octanol–water partition coefficient (Wildman–Crippen LogP) is 3.34. The Morgan fingerprint density at radius 3 is 3.08 bits per heavy atom. The molecule has 2 nitrogen and oxygen atoms in total. The van der Waals surface area contributed by atoms with Crippen LogP contribution in [0.5, 0.6) is 5.75 Å². The first-order valence-electron chi connectivity index (χ1n) is 3.88. The van der Waals surface area contributed by atoms with Gasteiger partial charge < -0.3 is 9.47 Å². The van der Waals surface area contributed by atoms with E-state index < -0.39 is 0 Å². The highest BCUT2D eigenvalue weighted by Gasteiger charge is 2.18. The quantitative estimate of drug-likeness (QED) is 0.741. The largest absolute Gasteiger partial charge is 0.467 e. The lowest BCUT2D eigenvalue weighted by Gasteiger charge is -2.22. The van der Waals surface area contributed by atoms with Crippen molar-refractivity contribution in [3.05, 3.63) is 29.3 Å². The van der Waals surface area contributed by atoms with Gasteiger partial charge in [0, 0.05) is 10.9 Å². The molecular formula is C9H8Br2O2. The molecule has 1 unspecified atom stereocenters. The van der Waals surface area contributed by atoms with Gasteiger partial charge in [-0.1, -0.05) is 44.0 Å². The van der Waals surface area contributed by atoms with Crippen LogP contribution in [0.15, 0.2) is 18.2 Å². The van der Waals surface area contributed by atoms with Crippen LogP contribution in [0.4, 0.5) is 0 Å². The fourth-order valence-corrected chi connectivity index (χ4v) is 2.06. The highest BCUT2D eigenvalue weighted by atomic mass is 79.9. The van der Waals surface area contributed by atoms with Crippen LogP contribution in [-0.4, -0.2) is 6.79 Å². The zero-order chi connectivity index (χ0) is 9.26. The molecule has 1 aliphatic rings. The van der Waals surface area contributed by atoms with Crippen molar-refractivity contribution in [2.45, 2.75) is 10.3 Å². The molecule has 1 heterocycles. The molecule has 4 heteroatoms. The van der Waals surface area contributed by atoms with E-state index in [9.17, 15) is 0 Å². The van der Waals surface area contributed by atoms with Gasteiger partial charge in [-0.2, -0.15) is 0 Å². The predicted molar refractivity (Wildman–Crippen MR) is 57.3 cm³/mol. The van der Waals surface area contributed by atoms with Crippen molar-refractivity contribution >= 4 is 31.9 Å². The van der Waals surface area contributed by atoms with Gasteiger partial charge >= 0.3 is 0 Å². The van der Waals surface area contributed by atoms with Crippen LogP contribution in [0, 0.1) is 0 Å². The minimum Gasteiger partial charge on any atom is -0.467 e. The molecule has 1 aromatic rings. The van der Waals surface area contributed by atoms with Gasteiger partial charge in [0.05, 0.1) is 0 Å². The molecule has 0 spiro atoms. The third-order valence-corrected chi connectivity index (χ3v) is 3.31. The summed E-state index contributed by atoms with van der Waals surface area (Å²) in [7, 11) is 0. The van der Waals surface area contributed by atoms with Crippen LogP contribution in [0.25, 0.3) is 0 Å². The van der Waals surface area contributed by atoms with Crippen LogP contribution in [-0.2, 0) is 10.1 Å². The third-order valence-electron chi connectivity index (χ3n) is 1.91. The van der Waals surface area contributed by atoms with Crippen molar-refractivity contribution < 1.29 is 9.47 Å². The molecule has 0 amide bonds. The highest BCUT2D eigenvalue weighted by Crippen LogP contribution is 2.36. The second-order valence-electron chi connectivity index (χ2n) is 2.75. The van der Waals surface area contributed by atoms with Crippen molar-refractivity contribution in [2.75, 3.05) is 6.79 Å². The summed E-state index contributed by atoms with van der Waals surface area (Å²) in [6.45, 7) is 0.314. The van der Waals surface area contributed by atoms with Gasteiger partial charge in [-0.3, -0.25) is 0 Å². The van der Waals surface area contributed by atoms with Crippen LogP contribution in [0.1, 0.15) is 16.1 Å². The maximum Gasteiger partial charge on any atom is 0.190 e. The number of hydrogen-bond donors (Lipinski definition) is 0. The van der Waals surface area contributed by atoms with Crippen LogP contribution < -0.4 is 4.74 Å². The number of halogens is 2. The highest BCUT2D eigenvalue weighted by molar-refractivity contribution is 9.09. The van der Waals surface area contributed by atoms with E-state index in [1.165, 1.54) is 5.56 Å². The van der Waals surface area contributed by atoms with E-state index in [2.05, 4.69) is 37.9 Å². The van der Waals surface area contributed by atoms with Gasteiger partial charge in [0.25, 0.3) is 0 Å². The van der Waals surface area contributed by atoms with E-state index in [1.807, 2.05) is 12.1 Å². The summed E-state index contributed by atoms with van der Waals surface area (Å²) in [5.74, 6) is 0.907. The average Bonchev–Trinajstić information content (AvgIpc) is 2.18. The van der Waals surface area contributed by atoms with Gasteiger partial charge in [-0.05, 0) is 11.6 Å². The van der Waals surface area contributed by atoms with Crippen molar-refractivity contribution in [3.63, 3.8) is 0 Å². The molecule has 0 radical (unpaired) electrons. The Morgan fingerprint density at radius 2 is 2.31 bits per heavy atom. The lowest BCUT2D eigenvalue weighted by atomic mass is 10.1. The normalized spacial score (nSPS) is 20.6. The van der Waals surface area contributed by atoms with Crippen molar-refractivity contribution in [1.82, 2.24) is 0 Å². The molecule has 1 atom stereocenters. The monoisotopic (exact) mass is 306 g/mol. The number of hydrogen-bond acceptors (Lipinski definition) is 2. The molecule has 0 N–H and O–H groups in total. The first kappa shape index (κ1) is 9.49. The van der Waals surface area contributed by atoms with Gasteiger partial charge in [0.2, 0.25) is 0 Å². The SMILES string of the molecule is BrCc1ccc2c(c1)OCOC2Br. The summed E-state index contributed by atoms with van der Waals surface area (Å²) in [6, 6.07) is 6.10. The van der Waals surface area contributed by atoms with Crippen LogP contribution >= 0.6 is 31.9 Å². The smallest absolute Gasteiger partial charge is 0.190 e. The standard InChI is InChI=1S/C9H8Br2O2/c10-4-6-1-2-7-8(3-6)12-5-13-9(7)11/h1-3,9H,4-5H2. The first-order chi connectivity index (χ1) is 6.31. The molecule has 0 fully saturated rings. The third kappa shape index (κ3) is 1.90. The maximum absolute atomic E-state index is 5.36. The Hall–Kier alpha value is -0.0600. The van der Waals surface area contributed by atoms with E-state index in [0.29, 0.717) is 6.79 Å². The molecule has 0 aliphatic carbocycles. The summed E-state index contributed by atoms with van der Waals surface area (Å²) in [4.78, 5) is 0. The summed E-state index contributed by atoms with van der Waals surface area (Å²) in [5.41, 5.74) is 2.26. The molecule has 13 heavy (non-hydrogen) atoms. The zero-order valence-corrected chi connectivity index (χ0v) is 9.97. The molecule has 2 rings (SSSR count). The first-order valence-corrected chi connectivity index (χ1v) is 5.92. The molecule has 0 bridgehead atoms. The fraction of sp³-hybridized carbons (Fsp3) is 0.333. The summed E-state index contributed by atoms with van der Waals surface area (Å²) < 4.78 is 10.6. The average molecular weight is 308 g/mol. The van der Waals surface area contributed by atoms with Gasteiger partial charge in [0.1, 0.15) is 10.8 Å². The number of ether oxygens (including phenoxy) is 2. The Bertz CT molecular complexity index is 314. The summed E-state index contributed by atoms with van der Waals surface area (Å²) >= 11 is 6.82. The van der Waals surface area contributed by atoms with E-state index in [1.54, 1.807) is 0 Å². The Balaban J connectivity index is 2.39. The number of alkyl halides is 2. The molecule has 0 aromatic heterocycles. The Morgan fingerprint density at radius 1 is 1.46 bits per heavy atom. The fourth-order valence-electron chi connectivity index (χ4n) is 1.22. The number of rotatable bonds is 1. The summed E-state index contributed by atoms with van der Waals surface area (Å²) in [6.07, 6.45) is 0. The molecular weight excluding hydrogens is 300 g/mol. The van der Waals surface area contributed by atoms with Gasteiger partial charge in [-0.15, -0.1) is 0 Å². The van der Waals surface area contributed by atoms with Crippen molar-refractivity contribution in [1.29, 1.82) is 0 Å². The van der Waals surface area contributed by atoms with E-state index in [4.69, 9.17) is 9.47 Å². The zero-order valence-electron chi connectivity index (χ0n) is 6.80. The van der Waals surface area contributed by atoms with Crippen LogP contribution in [0.3, 0.4) is 0 Å². The van der Waals surface area contributed by atoms with Crippen LogP contribution in [0.2, 0.25) is 0 Å². The minimum absolute atomic E-state index is 0.0411. The lowest BCUT2D eigenvalue weighted by molar-refractivity contribution is -0.0182. The van der Waals surface area contributed by atoms with Crippen molar-refractivity contribution in [2.24, 2.45) is 0 Å². The molecule has 70 valence electrons. The van der Waals surface area contributed by atoms with Gasteiger partial charge in [-0.25, -0.2) is 0 Å². The Labute approximate surface area is 93.5 Å². The molecule has 0 saturated heterocycles. The number of fused-ring (bicyclic) bond motifs is 1. The summed E-state index contributed by atoms with van der Waals surface area (Å²) in [5, 5.41) is 0.804. The second kappa shape index (κ2) is 3.98. The minimum atomic E-state index is -0.0411. The molecule has 1 aromatic carbocycles. The number of benzene rings is 1. The lowest BCUT2D eigenvalue weighted by Crippen LogP contribution is -2.13. The topological polar surface area (TPSA) is 18.5 Å².